The second kappa shape index (κ2) is 3.30. The van der Waals surface area contributed by atoms with E-state index in [1.165, 1.54) is 43.4 Å². The van der Waals surface area contributed by atoms with Crippen LogP contribution in [0.25, 0.3) is 0 Å². The topological polar surface area (TPSA) is 12.0 Å². The first kappa shape index (κ1) is 8.34. The Balaban J connectivity index is 1.91. The minimum absolute atomic E-state index is 0.763. The maximum Gasteiger partial charge on any atom is 0.0375 e. The van der Waals surface area contributed by atoms with Crippen LogP contribution in [0.2, 0.25) is 0 Å². The van der Waals surface area contributed by atoms with Crippen LogP contribution in [0.15, 0.2) is 24.3 Å². The molecule has 0 radical (unpaired) electrons. The molecule has 1 nitrogen and oxygen atoms in total. The van der Waals surface area contributed by atoms with Gasteiger partial charge in [-0.05, 0) is 36.8 Å². The third-order valence-corrected chi connectivity index (χ3v) is 3.75. The van der Waals surface area contributed by atoms with E-state index in [1.807, 2.05) is 0 Å². The predicted octanol–water partition coefficient (Wildman–Crippen LogP) is 3.21. The molecule has 1 aliphatic heterocycles. The normalized spacial score (nSPS) is 30.0. The van der Waals surface area contributed by atoms with Crippen LogP contribution in [-0.4, -0.2) is 6.04 Å². The fraction of sp³-hybridized carbons (Fsp3) is 0.538. The zero-order valence-electron chi connectivity index (χ0n) is 8.50. The fourth-order valence-electron chi connectivity index (χ4n) is 2.96. The van der Waals surface area contributed by atoms with E-state index >= 15 is 0 Å². The molecule has 1 aromatic rings. The van der Waals surface area contributed by atoms with Gasteiger partial charge in [-0.2, -0.15) is 0 Å². The molecule has 2 unspecified atom stereocenters. The van der Waals surface area contributed by atoms with E-state index in [1.54, 1.807) is 0 Å². The maximum absolute atomic E-state index is 3.70. The van der Waals surface area contributed by atoms with Crippen molar-refractivity contribution in [2.24, 2.45) is 5.92 Å². The van der Waals surface area contributed by atoms with Crippen LogP contribution in [0.5, 0.6) is 0 Å². The number of fused-ring (bicyclic) bond motifs is 2. The lowest BCUT2D eigenvalue weighted by Gasteiger charge is -2.38. The largest absolute Gasteiger partial charge is 0.382 e. The molecular weight excluding hydrogens is 170 g/mol. The molecular formula is C13H17N. The summed E-state index contributed by atoms with van der Waals surface area (Å²) in [5.74, 6) is 0.902. The highest BCUT2D eigenvalue weighted by molar-refractivity contribution is 5.54. The van der Waals surface area contributed by atoms with E-state index in [2.05, 4.69) is 29.6 Å². The molecule has 0 amide bonds. The molecule has 1 heteroatoms. The van der Waals surface area contributed by atoms with Crippen molar-refractivity contribution in [1.29, 1.82) is 0 Å². The van der Waals surface area contributed by atoms with E-state index in [0.717, 1.165) is 12.0 Å². The smallest absolute Gasteiger partial charge is 0.0375 e. The Morgan fingerprint density at radius 1 is 1.07 bits per heavy atom. The molecule has 14 heavy (non-hydrogen) atoms. The summed E-state index contributed by atoms with van der Waals surface area (Å²) < 4.78 is 0. The van der Waals surface area contributed by atoms with Crippen molar-refractivity contribution in [3.63, 3.8) is 0 Å². The molecule has 2 atom stereocenters. The second-order valence-electron chi connectivity index (χ2n) is 4.66. The summed E-state index contributed by atoms with van der Waals surface area (Å²) in [7, 11) is 0. The number of anilines is 1. The van der Waals surface area contributed by atoms with Gasteiger partial charge in [-0.25, -0.2) is 0 Å². The monoisotopic (exact) mass is 187 g/mol. The van der Waals surface area contributed by atoms with Gasteiger partial charge < -0.3 is 5.32 Å². The second-order valence-corrected chi connectivity index (χ2v) is 4.66. The molecule has 0 bridgehead atoms. The van der Waals surface area contributed by atoms with E-state index in [9.17, 15) is 0 Å². The number of nitrogens with one attached hydrogen (secondary N) is 1. The zero-order valence-corrected chi connectivity index (χ0v) is 8.50. The molecule has 1 aliphatic carbocycles. The molecule has 1 fully saturated rings. The molecule has 1 N–H and O–H groups in total. The molecule has 2 aliphatic rings. The average Bonchev–Trinajstić information content (AvgIpc) is 2.26. The summed E-state index contributed by atoms with van der Waals surface area (Å²) in [6.45, 7) is 0. The van der Waals surface area contributed by atoms with E-state index in [0.29, 0.717) is 0 Å². The Morgan fingerprint density at radius 3 is 2.93 bits per heavy atom. The lowest BCUT2D eigenvalue weighted by atomic mass is 9.78. The third kappa shape index (κ3) is 1.31. The van der Waals surface area contributed by atoms with Gasteiger partial charge in [0.25, 0.3) is 0 Å². The van der Waals surface area contributed by atoms with Gasteiger partial charge in [0.15, 0.2) is 0 Å². The van der Waals surface area contributed by atoms with Crippen molar-refractivity contribution in [2.75, 3.05) is 5.32 Å². The molecule has 1 saturated carbocycles. The maximum atomic E-state index is 3.70. The average molecular weight is 187 g/mol. The first-order valence-electron chi connectivity index (χ1n) is 5.78. The molecule has 3 rings (SSSR count). The number of hydrogen-bond acceptors (Lipinski definition) is 1. The summed E-state index contributed by atoms with van der Waals surface area (Å²) in [6.07, 6.45) is 6.94. The Kier molecular flexibility index (Phi) is 1.97. The number of rotatable bonds is 0. The van der Waals surface area contributed by atoms with Crippen molar-refractivity contribution >= 4 is 5.69 Å². The van der Waals surface area contributed by atoms with Crippen LogP contribution in [0.4, 0.5) is 5.69 Å². The summed E-state index contributed by atoms with van der Waals surface area (Å²) in [4.78, 5) is 0. The number of para-hydroxylation sites is 1. The predicted molar refractivity (Wildman–Crippen MR) is 59.5 cm³/mol. The highest BCUT2D eigenvalue weighted by atomic mass is 14.9. The van der Waals surface area contributed by atoms with Gasteiger partial charge in [0.05, 0.1) is 0 Å². The highest BCUT2D eigenvalue weighted by Crippen LogP contribution is 2.35. The van der Waals surface area contributed by atoms with Gasteiger partial charge in [0.2, 0.25) is 0 Å². The SMILES string of the molecule is c1ccc2c(c1)CC1CCCCC1N2. The molecule has 74 valence electrons. The zero-order chi connectivity index (χ0) is 9.38. The fourth-order valence-corrected chi connectivity index (χ4v) is 2.96. The first-order valence-corrected chi connectivity index (χ1v) is 5.78. The van der Waals surface area contributed by atoms with E-state index in [4.69, 9.17) is 0 Å². The van der Waals surface area contributed by atoms with Crippen molar-refractivity contribution in [3.8, 4) is 0 Å². The quantitative estimate of drug-likeness (QED) is 0.657. The van der Waals surface area contributed by atoms with Crippen molar-refractivity contribution in [1.82, 2.24) is 0 Å². The molecule has 0 saturated heterocycles. The third-order valence-electron chi connectivity index (χ3n) is 3.75. The number of hydrogen-bond donors (Lipinski definition) is 1. The molecule has 1 heterocycles. The standard InChI is InChI=1S/C13H17N/c1-3-7-12-10(5-1)9-11-6-2-4-8-13(11)14-12/h1,3,5,7,11,13-14H,2,4,6,8-9H2. The Morgan fingerprint density at radius 2 is 1.93 bits per heavy atom. The minimum Gasteiger partial charge on any atom is -0.382 e. The van der Waals surface area contributed by atoms with Crippen molar-refractivity contribution in [2.45, 2.75) is 38.1 Å². The summed E-state index contributed by atoms with van der Waals surface area (Å²) in [5, 5.41) is 3.70. The van der Waals surface area contributed by atoms with Gasteiger partial charge in [-0.3, -0.25) is 0 Å². The van der Waals surface area contributed by atoms with Gasteiger partial charge in [-0.1, -0.05) is 31.0 Å². The van der Waals surface area contributed by atoms with Gasteiger partial charge in [-0.15, -0.1) is 0 Å². The van der Waals surface area contributed by atoms with Gasteiger partial charge in [0.1, 0.15) is 0 Å². The molecule has 0 spiro atoms. The van der Waals surface area contributed by atoms with Crippen molar-refractivity contribution in [3.05, 3.63) is 29.8 Å². The highest BCUT2D eigenvalue weighted by Gasteiger charge is 2.29. The number of benzene rings is 1. The Labute approximate surface area is 85.5 Å². The summed E-state index contributed by atoms with van der Waals surface area (Å²) in [6, 6.07) is 9.55. The molecule has 1 aromatic carbocycles. The lowest BCUT2D eigenvalue weighted by molar-refractivity contribution is 0.315. The Hall–Kier alpha value is -0.980. The summed E-state index contributed by atoms with van der Waals surface area (Å²) >= 11 is 0. The van der Waals surface area contributed by atoms with Gasteiger partial charge >= 0.3 is 0 Å². The van der Waals surface area contributed by atoms with Crippen LogP contribution in [0.3, 0.4) is 0 Å². The van der Waals surface area contributed by atoms with Crippen LogP contribution >= 0.6 is 0 Å². The minimum atomic E-state index is 0.763. The lowest BCUT2D eigenvalue weighted by Crippen LogP contribution is -2.37. The van der Waals surface area contributed by atoms with Gasteiger partial charge in [0, 0.05) is 11.7 Å². The Bertz CT molecular complexity index is 299. The van der Waals surface area contributed by atoms with E-state index < -0.39 is 0 Å². The van der Waals surface area contributed by atoms with Crippen LogP contribution < -0.4 is 5.32 Å². The van der Waals surface area contributed by atoms with Crippen LogP contribution in [0, 0.1) is 5.92 Å². The molecule has 0 aromatic heterocycles. The van der Waals surface area contributed by atoms with E-state index in [-0.39, 0.29) is 0 Å². The summed E-state index contributed by atoms with van der Waals surface area (Å²) in [5.41, 5.74) is 2.91. The van der Waals surface area contributed by atoms with Crippen LogP contribution in [0.1, 0.15) is 31.2 Å². The van der Waals surface area contributed by atoms with Crippen molar-refractivity contribution < 1.29 is 0 Å². The van der Waals surface area contributed by atoms with Crippen LogP contribution in [-0.2, 0) is 6.42 Å². The first-order chi connectivity index (χ1) is 6.93.